The molecule has 0 radical (unpaired) electrons. The van der Waals surface area contributed by atoms with Crippen LogP contribution in [-0.4, -0.2) is 20.3 Å². The summed E-state index contributed by atoms with van der Waals surface area (Å²) in [6.07, 6.45) is 5.66. The standard InChI is InChI=1S/C12H23NO/c1-9(7-14-2)12(8-13)6-10-3-4-11(12)5-10/h9-11H,3-8,13H2,1-2H3. The van der Waals surface area contributed by atoms with Crippen molar-refractivity contribution in [2.24, 2.45) is 28.9 Å². The van der Waals surface area contributed by atoms with Gasteiger partial charge in [0.2, 0.25) is 0 Å². The van der Waals surface area contributed by atoms with E-state index in [-0.39, 0.29) is 0 Å². The average Bonchev–Trinajstić information content (AvgIpc) is 2.77. The first kappa shape index (κ1) is 10.4. The molecular formula is C12H23NO. The van der Waals surface area contributed by atoms with E-state index in [2.05, 4.69) is 6.92 Å². The molecule has 0 saturated heterocycles. The lowest BCUT2D eigenvalue weighted by atomic mass is 9.65. The van der Waals surface area contributed by atoms with Crippen LogP contribution in [0.1, 0.15) is 32.6 Å². The van der Waals surface area contributed by atoms with Crippen LogP contribution in [0.15, 0.2) is 0 Å². The van der Waals surface area contributed by atoms with Crippen LogP contribution in [0.25, 0.3) is 0 Å². The molecule has 2 nitrogen and oxygen atoms in total. The molecule has 2 aliphatic carbocycles. The summed E-state index contributed by atoms with van der Waals surface area (Å²) in [5.74, 6) is 2.50. The molecule has 0 aromatic rings. The summed E-state index contributed by atoms with van der Waals surface area (Å²) < 4.78 is 5.30. The highest BCUT2D eigenvalue weighted by Gasteiger charge is 2.52. The Labute approximate surface area is 87.2 Å². The van der Waals surface area contributed by atoms with Gasteiger partial charge in [-0.25, -0.2) is 0 Å². The molecule has 2 N–H and O–H groups in total. The predicted octanol–water partition coefficient (Wildman–Crippen LogP) is 2.03. The number of nitrogens with two attached hydrogens (primary N) is 1. The van der Waals surface area contributed by atoms with Crippen LogP contribution < -0.4 is 5.73 Å². The van der Waals surface area contributed by atoms with Crippen molar-refractivity contribution in [3.63, 3.8) is 0 Å². The molecule has 2 saturated carbocycles. The van der Waals surface area contributed by atoms with E-state index in [1.165, 1.54) is 25.7 Å². The zero-order valence-electron chi connectivity index (χ0n) is 9.46. The smallest absolute Gasteiger partial charge is 0.0493 e. The third-order valence-electron chi connectivity index (χ3n) is 4.80. The maximum atomic E-state index is 6.03. The van der Waals surface area contributed by atoms with E-state index in [0.717, 1.165) is 25.0 Å². The highest BCUT2D eigenvalue weighted by molar-refractivity contribution is 5.03. The Morgan fingerprint density at radius 1 is 1.50 bits per heavy atom. The molecule has 0 aliphatic heterocycles. The summed E-state index contributed by atoms with van der Waals surface area (Å²) >= 11 is 0. The van der Waals surface area contributed by atoms with E-state index in [0.29, 0.717) is 11.3 Å². The number of rotatable bonds is 4. The molecule has 0 heterocycles. The van der Waals surface area contributed by atoms with Gasteiger partial charge in [-0.1, -0.05) is 13.3 Å². The van der Waals surface area contributed by atoms with Gasteiger partial charge in [0.05, 0.1) is 0 Å². The number of ether oxygens (including phenoxy) is 1. The van der Waals surface area contributed by atoms with Gasteiger partial charge in [-0.2, -0.15) is 0 Å². The molecule has 0 amide bonds. The van der Waals surface area contributed by atoms with Crippen LogP contribution in [0.4, 0.5) is 0 Å². The van der Waals surface area contributed by atoms with Crippen molar-refractivity contribution < 1.29 is 4.74 Å². The van der Waals surface area contributed by atoms with Crippen molar-refractivity contribution in [1.29, 1.82) is 0 Å². The first-order valence-corrected chi connectivity index (χ1v) is 5.92. The highest BCUT2D eigenvalue weighted by atomic mass is 16.5. The lowest BCUT2D eigenvalue weighted by Crippen LogP contribution is -2.43. The topological polar surface area (TPSA) is 35.2 Å². The third-order valence-corrected chi connectivity index (χ3v) is 4.80. The molecule has 0 aromatic heterocycles. The predicted molar refractivity (Wildman–Crippen MR) is 58.0 cm³/mol. The molecule has 2 aliphatic rings. The van der Waals surface area contributed by atoms with Crippen LogP contribution in [0.2, 0.25) is 0 Å². The molecule has 2 bridgehead atoms. The number of hydrogen-bond acceptors (Lipinski definition) is 2. The van der Waals surface area contributed by atoms with E-state index in [1.54, 1.807) is 7.11 Å². The molecule has 2 fully saturated rings. The Bertz CT molecular complexity index is 206. The van der Waals surface area contributed by atoms with Gasteiger partial charge in [0.1, 0.15) is 0 Å². The monoisotopic (exact) mass is 197 g/mol. The van der Waals surface area contributed by atoms with Crippen molar-refractivity contribution in [1.82, 2.24) is 0 Å². The van der Waals surface area contributed by atoms with Crippen LogP contribution in [-0.2, 0) is 4.74 Å². The molecule has 2 rings (SSSR count). The summed E-state index contributed by atoms with van der Waals surface area (Å²) in [5.41, 5.74) is 6.45. The van der Waals surface area contributed by atoms with Gasteiger partial charge >= 0.3 is 0 Å². The summed E-state index contributed by atoms with van der Waals surface area (Å²) in [7, 11) is 1.80. The fraction of sp³-hybridized carbons (Fsp3) is 1.00. The molecule has 0 aromatic carbocycles. The normalized spacial score (nSPS) is 43.1. The van der Waals surface area contributed by atoms with Gasteiger partial charge < -0.3 is 10.5 Å². The van der Waals surface area contributed by atoms with Gasteiger partial charge in [-0.3, -0.25) is 0 Å². The Balaban J connectivity index is 2.10. The minimum absolute atomic E-state index is 0.416. The minimum Gasteiger partial charge on any atom is -0.384 e. The second-order valence-electron chi connectivity index (χ2n) is 5.37. The average molecular weight is 197 g/mol. The molecule has 14 heavy (non-hydrogen) atoms. The fourth-order valence-corrected chi connectivity index (χ4v) is 3.96. The SMILES string of the molecule is COCC(C)C1(CN)CC2CCC1C2. The number of methoxy groups -OCH3 is 1. The highest BCUT2D eigenvalue weighted by Crippen LogP contribution is 2.58. The Hall–Kier alpha value is -0.0800. The maximum Gasteiger partial charge on any atom is 0.0493 e. The molecule has 4 unspecified atom stereocenters. The molecule has 2 heteroatoms. The van der Waals surface area contributed by atoms with E-state index >= 15 is 0 Å². The van der Waals surface area contributed by atoms with Crippen LogP contribution in [0, 0.1) is 23.2 Å². The molecular weight excluding hydrogens is 174 g/mol. The van der Waals surface area contributed by atoms with Gasteiger partial charge in [-0.15, -0.1) is 0 Å². The quantitative estimate of drug-likeness (QED) is 0.748. The number of fused-ring (bicyclic) bond motifs is 2. The van der Waals surface area contributed by atoms with E-state index in [4.69, 9.17) is 10.5 Å². The van der Waals surface area contributed by atoms with Gasteiger partial charge in [0.15, 0.2) is 0 Å². The third kappa shape index (κ3) is 1.40. The van der Waals surface area contributed by atoms with Crippen molar-refractivity contribution in [2.45, 2.75) is 32.6 Å². The van der Waals surface area contributed by atoms with Crippen LogP contribution in [0.3, 0.4) is 0 Å². The Morgan fingerprint density at radius 2 is 2.29 bits per heavy atom. The van der Waals surface area contributed by atoms with Gasteiger partial charge in [0.25, 0.3) is 0 Å². The largest absolute Gasteiger partial charge is 0.384 e. The second-order valence-corrected chi connectivity index (χ2v) is 5.37. The summed E-state index contributed by atoms with van der Waals surface area (Å²) in [6.45, 7) is 4.05. The van der Waals surface area contributed by atoms with E-state index in [9.17, 15) is 0 Å². The summed E-state index contributed by atoms with van der Waals surface area (Å²) in [6, 6.07) is 0. The molecule has 0 spiro atoms. The van der Waals surface area contributed by atoms with E-state index < -0.39 is 0 Å². The Morgan fingerprint density at radius 3 is 2.71 bits per heavy atom. The van der Waals surface area contributed by atoms with Crippen molar-refractivity contribution in [2.75, 3.05) is 20.3 Å². The molecule has 82 valence electrons. The zero-order valence-corrected chi connectivity index (χ0v) is 9.46. The number of hydrogen-bond donors (Lipinski definition) is 1. The van der Waals surface area contributed by atoms with E-state index in [1.807, 2.05) is 0 Å². The molecule has 4 atom stereocenters. The summed E-state index contributed by atoms with van der Waals surface area (Å²) in [5, 5.41) is 0. The lowest BCUT2D eigenvalue weighted by molar-refractivity contribution is 0.0329. The van der Waals surface area contributed by atoms with Gasteiger partial charge in [0, 0.05) is 13.7 Å². The zero-order chi connectivity index (χ0) is 10.2. The maximum absolute atomic E-state index is 6.03. The first-order chi connectivity index (χ1) is 6.73. The second kappa shape index (κ2) is 3.82. The minimum atomic E-state index is 0.416. The first-order valence-electron chi connectivity index (χ1n) is 5.92. The van der Waals surface area contributed by atoms with Gasteiger partial charge in [-0.05, 0) is 49.0 Å². The van der Waals surface area contributed by atoms with Crippen molar-refractivity contribution >= 4 is 0 Å². The van der Waals surface area contributed by atoms with Crippen LogP contribution >= 0.6 is 0 Å². The van der Waals surface area contributed by atoms with Crippen molar-refractivity contribution in [3.8, 4) is 0 Å². The summed E-state index contributed by atoms with van der Waals surface area (Å²) in [4.78, 5) is 0. The van der Waals surface area contributed by atoms with Crippen LogP contribution in [0.5, 0.6) is 0 Å². The van der Waals surface area contributed by atoms with Crippen molar-refractivity contribution in [3.05, 3.63) is 0 Å². The Kier molecular flexibility index (Phi) is 2.85. The lowest BCUT2D eigenvalue weighted by Gasteiger charge is -2.41. The fourth-order valence-electron chi connectivity index (χ4n) is 3.96.